The molecule has 7 heteroatoms. The number of Topliss-reactive ketones (excluding diaryl/α,β-unsaturated/α-hetero) is 2. The molecule has 1 saturated heterocycles. The van der Waals surface area contributed by atoms with E-state index in [0.717, 1.165) is 6.54 Å². The van der Waals surface area contributed by atoms with Crippen molar-refractivity contribution in [3.05, 3.63) is 65.7 Å². The first-order valence-corrected chi connectivity index (χ1v) is 9.10. The number of halogens is 1. The molecule has 1 aliphatic rings. The summed E-state index contributed by atoms with van der Waals surface area (Å²) in [6.07, 6.45) is 2.23. The fourth-order valence-corrected chi connectivity index (χ4v) is 3.46. The fourth-order valence-electron chi connectivity index (χ4n) is 3.46. The van der Waals surface area contributed by atoms with Gasteiger partial charge in [-0.2, -0.15) is 0 Å². The maximum absolute atomic E-state index is 13.2. The second kappa shape index (κ2) is 8.39. The van der Waals surface area contributed by atoms with Crippen molar-refractivity contribution in [2.75, 3.05) is 27.2 Å². The van der Waals surface area contributed by atoms with Crippen molar-refractivity contribution >= 4 is 17.5 Å². The highest BCUT2D eigenvalue weighted by Gasteiger charge is 2.51. The van der Waals surface area contributed by atoms with E-state index in [1.807, 2.05) is 19.0 Å². The van der Waals surface area contributed by atoms with Gasteiger partial charge < -0.3 is 9.80 Å². The lowest BCUT2D eigenvalue weighted by Gasteiger charge is -2.26. The van der Waals surface area contributed by atoms with Crippen LogP contribution in [0, 0.1) is 11.7 Å². The zero-order valence-corrected chi connectivity index (χ0v) is 15.8. The molecule has 0 radical (unpaired) electrons. The lowest BCUT2D eigenvalue weighted by molar-refractivity contribution is -0.140. The van der Waals surface area contributed by atoms with E-state index in [4.69, 9.17) is 0 Å². The van der Waals surface area contributed by atoms with Crippen molar-refractivity contribution in [2.24, 2.45) is 5.92 Å². The number of rotatable bonds is 7. The third-order valence-corrected chi connectivity index (χ3v) is 4.81. The van der Waals surface area contributed by atoms with Crippen LogP contribution in [0.4, 0.5) is 4.39 Å². The Hall–Kier alpha value is -2.93. The van der Waals surface area contributed by atoms with E-state index in [1.54, 1.807) is 24.4 Å². The van der Waals surface area contributed by atoms with Crippen LogP contribution in [0.25, 0.3) is 0 Å². The minimum atomic E-state index is -1.19. The highest BCUT2D eigenvalue weighted by Crippen LogP contribution is 2.37. The molecule has 6 nitrogen and oxygen atoms in total. The van der Waals surface area contributed by atoms with Gasteiger partial charge in [0.2, 0.25) is 5.78 Å². The zero-order valence-electron chi connectivity index (χ0n) is 15.8. The molecule has 28 heavy (non-hydrogen) atoms. The van der Waals surface area contributed by atoms with Gasteiger partial charge in [0.15, 0.2) is 5.78 Å². The average molecular weight is 383 g/mol. The second-order valence-electron chi connectivity index (χ2n) is 7.07. The maximum Gasteiger partial charge on any atom is 0.291 e. The van der Waals surface area contributed by atoms with Gasteiger partial charge in [-0.15, -0.1) is 0 Å². The molecule has 3 rings (SSSR count). The number of ketones is 2. The molecule has 2 atom stereocenters. The molecule has 1 amide bonds. The van der Waals surface area contributed by atoms with Gasteiger partial charge in [-0.1, -0.05) is 6.07 Å². The predicted octanol–water partition coefficient (Wildman–Crippen LogP) is 2.12. The number of carbonyl (C=O) groups is 3. The van der Waals surface area contributed by atoms with Crippen LogP contribution in [0.15, 0.2) is 48.7 Å². The third-order valence-electron chi connectivity index (χ3n) is 4.81. The summed E-state index contributed by atoms with van der Waals surface area (Å²) in [5, 5.41) is 0. The molecule has 146 valence electrons. The van der Waals surface area contributed by atoms with Gasteiger partial charge in [0, 0.05) is 18.3 Å². The van der Waals surface area contributed by atoms with Gasteiger partial charge in [-0.05, 0) is 63.5 Å². The van der Waals surface area contributed by atoms with Gasteiger partial charge in [0.25, 0.3) is 5.91 Å². The van der Waals surface area contributed by atoms with Crippen LogP contribution < -0.4 is 0 Å². The maximum atomic E-state index is 13.2. The Balaban J connectivity index is 1.96. The Morgan fingerprint density at radius 2 is 1.86 bits per heavy atom. The number of pyridine rings is 1. The van der Waals surface area contributed by atoms with Crippen LogP contribution in [0.1, 0.15) is 28.5 Å². The van der Waals surface area contributed by atoms with Gasteiger partial charge >= 0.3 is 0 Å². The van der Waals surface area contributed by atoms with Crippen molar-refractivity contribution in [3.8, 4) is 0 Å². The molecule has 1 aliphatic heterocycles. The number of likely N-dealkylation sites (tertiary alicyclic amines) is 1. The number of hydrogen-bond acceptors (Lipinski definition) is 5. The molecular weight excluding hydrogens is 361 g/mol. The zero-order chi connectivity index (χ0) is 20.3. The normalized spacial score (nSPS) is 19.5. The van der Waals surface area contributed by atoms with Crippen molar-refractivity contribution < 1.29 is 18.8 Å². The van der Waals surface area contributed by atoms with E-state index in [2.05, 4.69) is 4.98 Å². The van der Waals surface area contributed by atoms with Crippen molar-refractivity contribution in [1.29, 1.82) is 0 Å². The van der Waals surface area contributed by atoms with Crippen molar-refractivity contribution in [1.82, 2.24) is 14.8 Å². The number of benzene rings is 1. The topological polar surface area (TPSA) is 70.6 Å². The number of hydrogen-bond donors (Lipinski definition) is 0. The Kier molecular flexibility index (Phi) is 5.94. The summed E-state index contributed by atoms with van der Waals surface area (Å²) in [7, 11) is 3.85. The largest absolute Gasteiger partial charge is 0.326 e. The van der Waals surface area contributed by atoms with Crippen LogP contribution >= 0.6 is 0 Å². The minimum absolute atomic E-state index is 0.198. The van der Waals surface area contributed by atoms with E-state index in [1.165, 1.54) is 29.2 Å². The highest BCUT2D eigenvalue weighted by molar-refractivity contribution is 6.44. The number of carbonyl (C=O) groups excluding carboxylic acids is 3. The highest BCUT2D eigenvalue weighted by atomic mass is 19.1. The van der Waals surface area contributed by atoms with Gasteiger partial charge in [0.05, 0.1) is 11.7 Å². The average Bonchev–Trinajstić information content (AvgIpc) is 2.93. The SMILES string of the molecule is CN(C)CCCN1C(=O)C(=O)C(C(=O)c2ccc(F)cc2)C1c1ccccn1. The lowest BCUT2D eigenvalue weighted by Crippen LogP contribution is -2.33. The summed E-state index contributed by atoms with van der Waals surface area (Å²) in [5.41, 5.74) is 0.690. The fraction of sp³-hybridized carbons (Fsp3) is 0.333. The second-order valence-corrected chi connectivity index (χ2v) is 7.07. The van der Waals surface area contributed by atoms with Gasteiger partial charge in [0.1, 0.15) is 11.7 Å². The van der Waals surface area contributed by atoms with E-state index in [9.17, 15) is 18.8 Å². The summed E-state index contributed by atoms with van der Waals surface area (Å²) in [4.78, 5) is 46.2. The summed E-state index contributed by atoms with van der Waals surface area (Å²) < 4.78 is 13.2. The molecule has 0 aliphatic carbocycles. The first-order valence-electron chi connectivity index (χ1n) is 9.10. The number of aromatic nitrogens is 1. The summed E-state index contributed by atoms with van der Waals surface area (Å²) >= 11 is 0. The van der Waals surface area contributed by atoms with Gasteiger partial charge in [-0.3, -0.25) is 19.4 Å². The first-order chi connectivity index (χ1) is 13.4. The third kappa shape index (κ3) is 3.99. The molecule has 0 spiro atoms. The molecule has 0 bridgehead atoms. The van der Waals surface area contributed by atoms with Crippen LogP contribution in [0.3, 0.4) is 0 Å². The van der Waals surface area contributed by atoms with Crippen LogP contribution in [-0.4, -0.2) is 59.4 Å². The standard InChI is InChI=1S/C21H22FN3O3/c1-24(2)12-5-13-25-18(16-6-3-4-11-23-16)17(20(27)21(25)28)19(26)14-7-9-15(22)10-8-14/h3-4,6-11,17-18H,5,12-13H2,1-2H3. The molecule has 1 aromatic heterocycles. The van der Waals surface area contributed by atoms with E-state index >= 15 is 0 Å². The molecule has 2 unspecified atom stereocenters. The van der Waals surface area contributed by atoms with E-state index < -0.39 is 35.3 Å². The lowest BCUT2D eigenvalue weighted by atomic mass is 9.88. The molecule has 0 saturated carbocycles. The first kappa shape index (κ1) is 19.8. The molecule has 2 heterocycles. The monoisotopic (exact) mass is 383 g/mol. The molecular formula is C21H22FN3O3. The minimum Gasteiger partial charge on any atom is -0.326 e. The summed E-state index contributed by atoms with van der Waals surface area (Å²) in [6, 6.07) is 9.43. The Labute approximate surface area is 163 Å². The van der Waals surface area contributed by atoms with Crippen LogP contribution in [-0.2, 0) is 9.59 Å². The molecule has 1 fully saturated rings. The Morgan fingerprint density at radius 3 is 2.46 bits per heavy atom. The van der Waals surface area contributed by atoms with Crippen molar-refractivity contribution in [3.63, 3.8) is 0 Å². The van der Waals surface area contributed by atoms with Crippen LogP contribution in [0.2, 0.25) is 0 Å². The molecule has 2 aromatic rings. The summed E-state index contributed by atoms with van der Waals surface area (Å²) in [5.74, 6) is -3.57. The Bertz CT molecular complexity index is 868. The summed E-state index contributed by atoms with van der Waals surface area (Å²) in [6.45, 7) is 1.08. The molecule has 1 aromatic carbocycles. The van der Waals surface area contributed by atoms with E-state index in [0.29, 0.717) is 18.7 Å². The number of amides is 1. The predicted molar refractivity (Wildman–Crippen MR) is 101 cm³/mol. The Morgan fingerprint density at radius 1 is 1.14 bits per heavy atom. The smallest absolute Gasteiger partial charge is 0.291 e. The van der Waals surface area contributed by atoms with E-state index in [-0.39, 0.29) is 5.56 Å². The molecule has 0 N–H and O–H groups in total. The quantitative estimate of drug-likeness (QED) is 0.416. The number of nitrogens with zero attached hydrogens (tertiary/aromatic N) is 3. The van der Waals surface area contributed by atoms with Crippen molar-refractivity contribution in [2.45, 2.75) is 12.5 Å². The van der Waals surface area contributed by atoms with Crippen LogP contribution in [0.5, 0.6) is 0 Å². The van der Waals surface area contributed by atoms with Gasteiger partial charge in [-0.25, -0.2) is 4.39 Å².